The van der Waals surface area contributed by atoms with Crippen LogP contribution in [0.5, 0.6) is 0 Å². The molecule has 0 N–H and O–H groups in total. The van der Waals surface area contributed by atoms with Crippen molar-refractivity contribution in [1.82, 2.24) is 4.90 Å². The van der Waals surface area contributed by atoms with Gasteiger partial charge in [-0.15, -0.1) is 6.58 Å². The van der Waals surface area contributed by atoms with E-state index >= 15 is 0 Å². The van der Waals surface area contributed by atoms with Gasteiger partial charge in [-0.3, -0.25) is 4.99 Å². The van der Waals surface area contributed by atoms with Crippen LogP contribution in [-0.4, -0.2) is 23.8 Å². The number of aliphatic imine (C=N–C) groups is 1. The van der Waals surface area contributed by atoms with Crippen LogP contribution in [-0.2, 0) is 0 Å². The van der Waals surface area contributed by atoms with E-state index < -0.39 is 0 Å². The summed E-state index contributed by atoms with van der Waals surface area (Å²) in [4.78, 5) is 6.59. The Bertz CT molecular complexity index is 310. The molecule has 0 amide bonds. The Balaban J connectivity index is 2.22. The largest absolute Gasteiger partial charge is 0.330 e. The van der Waals surface area contributed by atoms with Crippen LogP contribution in [0.4, 0.5) is 0 Å². The lowest BCUT2D eigenvalue weighted by Crippen LogP contribution is -2.22. The summed E-state index contributed by atoms with van der Waals surface area (Å²) in [7, 11) is 0. The van der Waals surface area contributed by atoms with E-state index in [4.69, 9.17) is 0 Å². The molecule has 0 aromatic rings. The fourth-order valence-corrected chi connectivity index (χ4v) is 1.74. The Morgan fingerprint density at radius 3 is 3.38 bits per heavy atom. The molecule has 1 aliphatic carbocycles. The van der Waals surface area contributed by atoms with E-state index in [1.165, 1.54) is 11.3 Å². The Morgan fingerprint density at radius 1 is 1.77 bits per heavy atom. The van der Waals surface area contributed by atoms with Gasteiger partial charge in [0.25, 0.3) is 0 Å². The van der Waals surface area contributed by atoms with Gasteiger partial charge in [0.15, 0.2) is 0 Å². The predicted octanol–water partition coefficient (Wildman–Crippen LogP) is 2.12. The summed E-state index contributed by atoms with van der Waals surface area (Å²) in [6.45, 7) is 6.73. The van der Waals surface area contributed by atoms with E-state index in [9.17, 15) is 0 Å². The number of hydrogen-bond acceptors (Lipinski definition) is 2. The van der Waals surface area contributed by atoms with E-state index in [1.807, 2.05) is 12.4 Å². The van der Waals surface area contributed by atoms with Crippen molar-refractivity contribution in [3.8, 4) is 0 Å². The van der Waals surface area contributed by atoms with Crippen molar-refractivity contribution in [2.75, 3.05) is 6.54 Å². The Labute approximate surface area is 79.0 Å². The first kappa shape index (κ1) is 8.30. The third kappa shape index (κ3) is 1.44. The lowest BCUT2D eigenvalue weighted by atomic mass is 10.0. The third-order valence-corrected chi connectivity index (χ3v) is 2.42. The molecule has 0 aromatic carbocycles. The van der Waals surface area contributed by atoms with Crippen molar-refractivity contribution >= 4 is 6.34 Å². The first-order chi connectivity index (χ1) is 6.31. The van der Waals surface area contributed by atoms with Crippen molar-refractivity contribution in [2.24, 2.45) is 4.99 Å². The Hall–Kier alpha value is -1.31. The molecule has 13 heavy (non-hydrogen) atoms. The molecule has 0 saturated heterocycles. The zero-order chi connectivity index (χ0) is 9.26. The highest BCUT2D eigenvalue weighted by Crippen LogP contribution is 2.26. The van der Waals surface area contributed by atoms with E-state index in [2.05, 4.69) is 35.5 Å². The highest BCUT2D eigenvalue weighted by Gasteiger charge is 2.24. The smallest absolute Gasteiger partial charge is 0.0952 e. The van der Waals surface area contributed by atoms with Crippen LogP contribution in [0, 0.1) is 0 Å². The average Bonchev–Trinajstić information content (AvgIpc) is 2.49. The number of allylic oxidation sites excluding steroid dienone is 2. The molecule has 2 nitrogen and oxygen atoms in total. The summed E-state index contributed by atoms with van der Waals surface area (Å²) >= 11 is 0. The Morgan fingerprint density at radius 2 is 2.62 bits per heavy atom. The molecule has 0 saturated carbocycles. The second kappa shape index (κ2) is 3.21. The summed E-state index contributed by atoms with van der Waals surface area (Å²) in [6, 6.07) is 0.364. The SMILES string of the molecule is C=CCN1C=NC2CC=C(C)C=C21. The van der Waals surface area contributed by atoms with Crippen molar-refractivity contribution in [2.45, 2.75) is 19.4 Å². The maximum atomic E-state index is 4.43. The van der Waals surface area contributed by atoms with Gasteiger partial charge in [-0.1, -0.05) is 17.7 Å². The monoisotopic (exact) mass is 174 g/mol. The van der Waals surface area contributed by atoms with E-state index in [1.54, 1.807) is 0 Å². The van der Waals surface area contributed by atoms with E-state index in [-0.39, 0.29) is 0 Å². The fourth-order valence-electron chi connectivity index (χ4n) is 1.74. The molecule has 0 spiro atoms. The number of rotatable bonds is 2. The minimum atomic E-state index is 0.364. The highest BCUT2D eigenvalue weighted by molar-refractivity contribution is 5.64. The fraction of sp³-hybridized carbons (Fsp3) is 0.364. The first-order valence-corrected chi connectivity index (χ1v) is 4.60. The standard InChI is InChI=1S/C11H14N2/c1-3-6-13-8-12-10-5-4-9(2)7-11(10)13/h3-4,7-8,10H,1,5-6H2,2H3. The van der Waals surface area contributed by atoms with Gasteiger partial charge in [0.05, 0.1) is 12.4 Å². The summed E-state index contributed by atoms with van der Waals surface area (Å²) in [5.41, 5.74) is 2.66. The number of nitrogens with zero attached hydrogens (tertiary/aromatic N) is 2. The lowest BCUT2D eigenvalue weighted by Gasteiger charge is -2.21. The minimum Gasteiger partial charge on any atom is -0.330 e. The predicted molar refractivity (Wildman–Crippen MR) is 55.6 cm³/mol. The molecule has 2 aliphatic rings. The maximum absolute atomic E-state index is 4.43. The quantitative estimate of drug-likeness (QED) is 0.585. The zero-order valence-corrected chi connectivity index (χ0v) is 7.90. The van der Waals surface area contributed by atoms with Gasteiger partial charge < -0.3 is 4.90 Å². The molecule has 0 aromatic heterocycles. The molecule has 1 heterocycles. The molecule has 2 rings (SSSR count). The second-order valence-electron chi connectivity index (χ2n) is 3.47. The van der Waals surface area contributed by atoms with Crippen molar-refractivity contribution in [3.63, 3.8) is 0 Å². The summed E-state index contributed by atoms with van der Waals surface area (Å²) in [5, 5.41) is 0. The van der Waals surface area contributed by atoms with E-state index in [0.29, 0.717) is 6.04 Å². The van der Waals surface area contributed by atoms with Crippen molar-refractivity contribution in [3.05, 3.63) is 36.1 Å². The van der Waals surface area contributed by atoms with Crippen LogP contribution < -0.4 is 0 Å². The lowest BCUT2D eigenvalue weighted by molar-refractivity contribution is 0.560. The molecule has 68 valence electrons. The van der Waals surface area contributed by atoms with Gasteiger partial charge in [-0.2, -0.15) is 0 Å². The summed E-state index contributed by atoms with van der Waals surface area (Å²) in [5.74, 6) is 0. The van der Waals surface area contributed by atoms with Crippen LogP contribution in [0.15, 0.2) is 41.1 Å². The third-order valence-electron chi connectivity index (χ3n) is 2.42. The molecule has 2 heteroatoms. The molecule has 1 atom stereocenters. The van der Waals surface area contributed by atoms with Crippen LogP contribution in [0.2, 0.25) is 0 Å². The molecule has 0 bridgehead atoms. The first-order valence-electron chi connectivity index (χ1n) is 4.60. The molecule has 1 unspecified atom stereocenters. The minimum absolute atomic E-state index is 0.364. The maximum Gasteiger partial charge on any atom is 0.0952 e. The van der Waals surface area contributed by atoms with Crippen molar-refractivity contribution in [1.29, 1.82) is 0 Å². The van der Waals surface area contributed by atoms with Gasteiger partial charge in [0.2, 0.25) is 0 Å². The number of fused-ring (bicyclic) bond motifs is 1. The average molecular weight is 174 g/mol. The second-order valence-corrected chi connectivity index (χ2v) is 3.47. The summed E-state index contributed by atoms with van der Waals surface area (Å²) < 4.78 is 0. The van der Waals surface area contributed by atoms with Gasteiger partial charge >= 0.3 is 0 Å². The number of hydrogen-bond donors (Lipinski definition) is 0. The van der Waals surface area contributed by atoms with Crippen molar-refractivity contribution < 1.29 is 0 Å². The van der Waals surface area contributed by atoms with Gasteiger partial charge in [-0.05, 0) is 19.4 Å². The van der Waals surface area contributed by atoms with Crippen LogP contribution in [0.3, 0.4) is 0 Å². The van der Waals surface area contributed by atoms with Gasteiger partial charge in [0.1, 0.15) is 0 Å². The molecule has 1 aliphatic heterocycles. The zero-order valence-electron chi connectivity index (χ0n) is 7.90. The normalized spacial score (nSPS) is 25.3. The van der Waals surface area contributed by atoms with Crippen LogP contribution >= 0.6 is 0 Å². The van der Waals surface area contributed by atoms with E-state index in [0.717, 1.165) is 13.0 Å². The molecule has 0 radical (unpaired) electrons. The molecule has 0 fully saturated rings. The molecular weight excluding hydrogens is 160 g/mol. The Kier molecular flexibility index (Phi) is 2.05. The summed E-state index contributed by atoms with van der Waals surface area (Å²) in [6.07, 6.45) is 9.32. The van der Waals surface area contributed by atoms with Crippen LogP contribution in [0.1, 0.15) is 13.3 Å². The van der Waals surface area contributed by atoms with Crippen LogP contribution in [0.25, 0.3) is 0 Å². The van der Waals surface area contributed by atoms with Gasteiger partial charge in [0, 0.05) is 12.2 Å². The topological polar surface area (TPSA) is 15.6 Å². The highest BCUT2D eigenvalue weighted by atomic mass is 15.2. The van der Waals surface area contributed by atoms with Gasteiger partial charge in [-0.25, -0.2) is 0 Å². The molecular formula is C11H14N2.